The summed E-state index contributed by atoms with van der Waals surface area (Å²) in [5.74, 6) is -0.917. The summed E-state index contributed by atoms with van der Waals surface area (Å²) >= 11 is 7.64. The lowest BCUT2D eigenvalue weighted by atomic mass is 9.70. The molecule has 4 rings (SSSR count). The summed E-state index contributed by atoms with van der Waals surface area (Å²) in [4.78, 5) is 28.3. The lowest BCUT2D eigenvalue weighted by Gasteiger charge is -2.39. The molecule has 35 heavy (non-hydrogen) atoms. The van der Waals surface area contributed by atoms with E-state index in [0.717, 1.165) is 27.4 Å². The van der Waals surface area contributed by atoms with Crippen LogP contribution in [0.15, 0.2) is 46.8 Å². The predicted molar refractivity (Wildman–Crippen MR) is 135 cm³/mol. The van der Waals surface area contributed by atoms with Crippen LogP contribution >= 0.6 is 22.9 Å². The van der Waals surface area contributed by atoms with E-state index in [1.165, 1.54) is 29.5 Å². The number of thiophene rings is 1. The number of ether oxygens (including phenoxy) is 2. The van der Waals surface area contributed by atoms with Crippen LogP contribution in [-0.4, -0.2) is 18.4 Å². The number of carbonyl (C=O) groups excluding carboxylic acids is 2. The minimum absolute atomic E-state index is 0.0463. The fraction of sp³-hybridized carbons (Fsp3) is 0.407. The van der Waals surface area contributed by atoms with Crippen LogP contribution in [0.5, 0.6) is 5.75 Å². The van der Waals surface area contributed by atoms with Gasteiger partial charge in [0.05, 0.1) is 23.1 Å². The van der Waals surface area contributed by atoms with E-state index in [0.29, 0.717) is 29.0 Å². The molecule has 0 unspecified atom stereocenters. The lowest BCUT2D eigenvalue weighted by molar-refractivity contribution is -0.138. The molecule has 186 valence electrons. The third-order valence-electron chi connectivity index (χ3n) is 6.34. The van der Waals surface area contributed by atoms with E-state index in [4.69, 9.17) is 21.1 Å². The van der Waals surface area contributed by atoms with Gasteiger partial charge >= 0.3 is 5.97 Å². The van der Waals surface area contributed by atoms with Crippen molar-refractivity contribution in [1.82, 2.24) is 5.32 Å². The monoisotopic (exact) mass is 517 g/mol. The number of aryl methyl sites for hydroxylation is 1. The second-order valence-electron chi connectivity index (χ2n) is 9.74. The fourth-order valence-electron chi connectivity index (χ4n) is 4.78. The van der Waals surface area contributed by atoms with Gasteiger partial charge in [0.15, 0.2) is 5.78 Å². The minimum atomic E-state index is -0.499. The number of hydrogen-bond acceptors (Lipinski definition) is 6. The average Bonchev–Trinajstić information content (AvgIpc) is 3.11. The summed E-state index contributed by atoms with van der Waals surface area (Å²) in [6.45, 7) is 10.2. The molecule has 2 aliphatic rings. The van der Waals surface area contributed by atoms with E-state index in [-0.39, 0.29) is 29.4 Å². The van der Waals surface area contributed by atoms with Crippen LogP contribution in [0.3, 0.4) is 0 Å². The zero-order valence-electron chi connectivity index (χ0n) is 20.5. The number of nitrogens with one attached hydrogen (secondary N) is 1. The second kappa shape index (κ2) is 9.78. The molecule has 0 bridgehead atoms. The zero-order chi connectivity index (χ0) is 25.5. The van der Waals surface area contributed by atoms with E-state index >= 15 is 0 Å². The first-order valence-corrected chi connectivity index (χ1v) is 12.8. The molecule has 0 radical (unpaired) electrons. The topological polar surface area (TPSA) is 64.6 Å². The number of benzene rings is 1. The Hall–Kier alpha value is -2.64. The Morgan fingerprint density at radius 3 is 2.69 bits per heavy atom. The van der Waals surface area contributed by atoms with Crippen molar-refractivity contribution in [2.24, 2.45) is 5.41 Å². The molecule has 0 amide bonds. The smallest absolute Gasteiger partial charge is 0.336 e. The van der Waals surface area contributed by atoms with Crippen LogP contribution < -0.4 is 10.1 Å². The average molecular weight is 518 g/mol. The third kappa shape index (κ3) is 5.16. The molecule has 0 fully saturated rings. The number of hydrogen-bond donors (Lipinski definition) is 1. The van der Waals surface area contributed by atoms with E-state index in [9.17, 15) is 14.0 Å². The van der Waals surface area contributed by atoms with Gasteiger partial charge in [-0.1, -0.05) is 25.4 Å². The Balaban J connectivity index is 1.73. The molecular formula is C27H29ClFNO4S. The number of allylic oxidation sites excluding steroid dienone is 3. The first-order valence-electron chi connectivity index (χ1n) is 11.6. The van der Waals surface area contributed by atoms with Crippen molar-refractivity contribution in [2.75, 3.05) is 6.61 Å². The van der Waals surface area contributed by atoms with Gasteiger partial charge in [0.25, 0.3) is 0 Å². The number of halogens is 2. The Morgan fingerprint density at radius 2 is 2.00 bits per heavy atom. The van der Waals surface area contributed by atoms with E-state index in [1.54, 1.807) is 6.92 Å². The summed E-state index contributed by atoms with van der Waals surface area (Å²) < 4.78 is 24.6. The van der Waals surface area contributed by atoms with Gasteiger partial charge in [0, 0.05) is 38.7 Å². The second-order valence-corrected chi connectivity index (χ2v) is 11.4. The first-order chi connectivity index (χ1) is 16.5. The van der Waals surface area contributed by atoms with E-state index < -0.39 is 17.7 Å². The van der Waals surface area contributed by atoms with Crippen molar-refractivity contribution in [1.29, 1.82) is 0 Å². The van der Waals surface area contributed by atoms with Gasteiger partial charge in [0.2, 0.25) is 0 Å². The van der Waals surface area contributed by atoms with Crippen molar-refractivity contribution < 1.29 is 23.5 Å². The number of dihydropyridines is 1. The number of carbonyl (C=O) groups is 2. The molecule has 2 aromatic rings. The minimum Gasteiger partial charge on any atom is -0.487 e. The van der Waals surface area contributed by atoms with Crippen molar-refractivity contribution >= 4 is 34.7 Å². The Morgan fingerprint density at radius 1 is 1.26 bits per heavy atom. The summed E-state index contributed by atoms with van der Waals surface area (Å²) in [6.07, 6.45) is 1.14. The van der Waals surface area contributed by atoms with Crippen LogP contribution in [0.1, 0.15) is 61.8 Å². The summed E-state index contributed by atoms with van der Waals surface area (Å²) in [6, 6.07) is 5.99. The van der Waals surface area contributed by atoms with Gasteiger partial charge in [-0.3, -0.25) is 4.79 Å². The molecule has 0 saturated carbocycles. The molecule has 0 saturated heterocycles. The molecular weight excluding hydrogens is 489 g/mol. The molecule has 8 heteroatoms. The van der Waals surface area contributed by atoms with Crippen molar-refractivity contribution in [3.8, 4) is 5.75 Å². The fourth-order valence-corrected chi connectivity index (χ4v) is 6.16. The Bertz CT molecular complexity index is 1260. The van der Waals surface area contributed by atoms with Gasteiger partial charge in [0.1, 0.15) is 18.2 Å². The van der Waals surface area contributed by atoms with Crippen LogP contribution in [0.25, 0.3) is 0 Å². The van der Waals surface area contributed by atoms with Crippen LogP contribution in [0.2, 0.25) is 5.02 Å². The highest BCUT2D eigenvalue weighted by Crippen LogP contribution is 2.48. The Labute approximate surface area is 214 Å². The highest BCUT2D eigenvalue weighted by atomic mass is 35.5. The third-order valence-corrected chi connectivity index (χ3v) is 7.79. The maximum atomic E-state index is 13.4. The molecule has 2 heterocycles. The summed E-state index contributed by atoms with van der Waals surface area (Å²) in [7, 11) is 0. The molecule has 5 nitrogen and oxygen atoms in total. The largest absolute Gasteiger partial charge is 0.487 e. The first kappa shape index (κ1) is 25.5. The molecule has 1 aromatic carbocycles. The SMILES string of the molecule is CCOC(=O)C1=C(C)NC2=C(C(=O)CC(C)(C)C2)[C@H]1c1cc(COc2ccc(F)cc2Cl)c(C)s1. The summed E-state index contributed by atoms with van der Waals surface area (Å²) in [5.41, 5.74) is 3.45. The lowest BCUT2D eigenvalue weighted by Crippen LogP contribution is -2.38. The number of Topliss-reactive ketones (excluding diaryl/α,β-unsaturated/α-hetero) is 1. The van der Waals surface area contributed by atoms with Gasteiger partial charge in [-0.25, -0.2) is 9.18 Å². The van der Waals surface area contributed by atoms with Crippen LogP contribution in [0.4, 0.5) is 4.39 Å². The predicted octanol–water partition coefficient (Wildman–Crippen LogP) is 6.60. The highest BCUT2D eigenvalue weighted by molar-refractivity contribution is 7.12. The van der Waals surface area contributed by atoms with E-state index in [2.05, 4.69) is 19.2 Å². The summed E-state index contributed by atoms with van der Waals surface area (Å²) in [5, 5.41) is 3.54. The van der Waals surface area contributed by atoms with Gasteiger partial charge in [-0.2, -0.15) is 0 Å². The number of esters is 1. The molecule has 1 atom stereocenters. The maximum Gasteiger partial charge on any atom is 0.336 e. The van der Waals surface area contributed by atoms with Crippen LogP contribution in [-0.2, 0) is 20.9 Å². The number of ketones is 1. The molecule has 1 aromatic heterocycles. The Kier molecular flexibility index (Phi) is 7.11. The van der Waals surface area contributed by atoms with Crippen molar-refractivity contribution in [3.63, 3.8) is 0 Å². The van der Waals surface area contributed by atoms with Crippen molar-refractivity contribution in [3.05, 3.63) is 73.0 Å². The van der Waals surface area contributed by atoms with Crippen molar-refractivity contribution in [2.45, 2.75) is 60.0 Å². The van der Waals surface area contributed by atoms with Gasteiger partial charge in [-0.15, -0.1) is 11.3 Å². The number of rotatable bonds is 6. The quantitative estimate of drug-likeness (QED) is 0.437. The standard InChI is InChI=1S/C27H29ClFNO4S/c1-6-33-26(32)23-14(2)30-19-11-27(4,5)12-20(31)24(19)25(23)22-9-16(15(3)35-22)13-34-21-8-7-17(29)10-18(21)28/h7-10,25,30H,6,11-13H2,1-5H3/t25-/m0/s1. The molecule has 1 aliphatic heterocycles. The van der Waals surface area contributed by atoms with Crippen LogP contribution in [0, 0.1) is 18.2 Å². The highest BCUT2D eigenvalue weighted by Gasteiger charge is 2.43. The zero-order valence-corrected chi connectivity index (χ0v) is 22.1. The van der Waals surface area contributed by atoms with E-state index in [1.807, 2.05) is 19.9 Å². The molecule has 1 aliphatic carbocycles. The van der Waals surface area contributed by atoms with Gasteiger partial charge in [-0.05, 0) is 56.9 Å². The van der Waals surface area contributed by atoms with Gasteiger partial charge < -0.3 is 14.8 Å². The normalized spacial score (nSPS) is 19.4. The maximum absolute atomic E-state index is 13.4. The molecule has 1 N–H and O–H groups in total. The molecule has 0 spiro atoms.